The molecule has 0 radical (unpaired) electrons. The third-order valence-electron chi connectivity index (χ3n) is 2.14. The molecule has 1 aromatic rings. The molecule has 0 aromatic heterocycles. The number of phenols is 1. The number of carboxylic acids is 1. The number of carbonyl (C=O) groups is 1. The Morgan fingerprint density at radius 2 is 2.20 bits per heavy atom. The largest absolute Gasteiger partial charge is 0.506 e. The summed E-state index contributed by atoms with van der Waals surface area (Å²) in [5.41, 5.74) is 6.45. The number of benzene rings is 1. The SMILES string of the molecule is Cc1cc(O)c(Cl)c(C(CN)C(=O)O)c1. The van der Waals surface area contributed by atoms with E-state index in [2.05, 4.69) is 0 Å². The number of rotatable bonds is 3. The summed E-state index contributed by atoms with van der Waals surface area (Å²) in [5, 5.41) is 18.4. The van der Waals surface area contributed by atoms with E-state index in [9.17, 15) is 9.90 Å². The molecular formula is C10H12ClNO3. The number of aromatic hydroxyl groups is 1. The highest BCUT2D eigenvalue weighted by atomic mass is 35.5. The summed E-state index contributed by atoms with van der Waals surface area (Å²) in [4.78, 5) is 10.9. The summed E-state index contributed by atoms with van der Waals surface area (Å²) in [6, 6.07) is 3.09. The lowest BCUT2D eigenvalue weighted by Crippen LogP contribution is -2.21. The third-order valence-corrected chi connectivity index (χ3v) is 2.55. The zero-order valence-electron chi connectivity index (χ0n) is 8.20. The molecule has 0 spiro atoms. The van der Waals surface area contributed by atoms with E-state index in [1.807, 2.05) is 0 Å². The van der Waals surface area contributed by atoms with E-state index in [1.54, 1.807) is 13.0 Å². The van der Waals surface area contributed by atoms with Gasteiger partial charge in [0.05, 0.1) is 10.9 Å². The Balaban J connectivity index is 3.28. The summed E-state index contributed by atoms with van der Waals surface area (Å²) in [6.45, 7) is 1.69. The number of nitrogens with two attached hydrogens (primary N) is 1. The van der Waals surface area contributed by atoms with E-state index in [1.165, 1.54) is 6.07 Å². The first-order valence-electron chi connectivity index (χ1n) is 4.39. The smallest absolute Gasteiger partial charge is 0.312 e. The van der Waals surface area contributed by atoms with Crippen LogP contribution in [0.1, 0.15) is 17.0 Å². The molecule has 5 heteroatoms. The molecule has 1 aromatic carbocycles. The number of carboxylic acid groups (broad SMARTS) is 1. The first-order chi connectivity index (χ1) is 6.97. The van der Waals surface area contributed by atoms with Crippen LogP contribution in [0.2, 0.25) is 5.02 Å². The molecule has 82 valence electrons. The van der Waals surface area contributed by atoms with Crippen molar-refractivity contribution < 1.29 is 15.0 Å². The van der Waals surface area contributed by atoms with Gasteiger partial charge in [-0.25, -0.2) is 0 Å². The average molecular weight is 230 g/mol. The minimum atomic E-state index is -1.05. The van der Waals surface area contributed by atoms with Crippen molar-refractivity contribution in [3.8, 4) is 5.75 Å². The van der Waals surface area contributed by atoms with Crippen molar-refractivity contribution in [1.82, 2.24) is 0 Å². The normalized spacial score (nSPS) is 12.5. The van der Waals surface area contributed by atoms with Crippen LogP contribution in [0.3, 0.4) is 0 Å². The van der Waals surface area contributed by atoms with Crippen LogP contribution in [-0.4, -0.2) is 22.7 Å². The van der Waals surface area contributed by atoms with Crippen LogP contribution >= 0.6 is 11.6 Å². The number of hydrogen-bond acceptors (Lipinski definition) is 3. The molecule has 1 unspecified atom stereocenters. The summed E-state index contributed by atoms with van der Waals surface area (Å²) in [7, 11) is 0. The predicted octanol–water partition coefficient (Wildman–Crippen LogP) is 1.48. The van der Waals surface area contributed by atoms with E-state index < -0.39 is 11.9 Å². The zero-order valence-corrected chi connectivity index (χ0v) is 8.95. The predicted molar refractivity (Wildman–Crippen MR) is 57.3 cm³/mol. The molecule has 0 bridgehead atoms. The fourth-order valence-electron chi connectivity index (χ4n) is 1.39. The lowest BCUT2D eigenvalue weighted by Gasteiger charge is -2.13. The van der Waals surface area contributed by atoms with Crippen LogP contribution in [0, 0.1) is 6.92 Å². The molecule has 0 aliphatic rings. The molecule has 4 nitrogen and oxygen atoms in total. The maximum Gasteiger partial charge on any atom is 0.312 e. The highest BCUT2D eigenvalue weighted by Gasteiger charge is 2.22. The molecule has 0 aliphatic heterocycles. The molecule has 4 N–H and O–H groups in total. The Kier molecular flexibility index (Phi) is 3.55. The van der Waals surface area contributed by atoms with Gasteiger partial charge in [-0.05, 0) is 24.1 Å². The topological polar surface area (TPSA) is 83.5 Å². The van der Waals surface area contributed by atoms with Gasteiger partial charge in [-0.15, -0.1) is 0 Å². The molecule has 0 amide bonds. The Bertz CT molecular complexity index is 392. The summed E-state index contributed by atoms with van der Waals surface area (Å²) < 4.78 is 0. The summed E-state index contributed by atoms with van der Waals surface area (Å²) >= 11 is 5.81. The molecule has 0 saturated carbocycles. The molecule has 0 saturated heterocycles. The van der Waals surface area contributed by atoms with Crippen LogP contribution in [0.25, 0.3) is 0 Å². The first-order valence-corrected chi connectivity index (χ1v) is 4.77. The molecule has 1 atom stereocenters. The molecular weight excluding hydrogens is 218 g/mol. The highest BCUT2D eigenvalue weighted by molar-refractivity contribution is 6.33. The van der Waals surface area contributed by atoms with Gasteiger partial charge in [-0.2, -0.15) is 0 Å². The van der Waals surface area contributed by atoms with Crippen LogP contribution < -0.4 is 5.73 Å². The fraction of sp³-hybridized carbons (Fsp3) is 0.300. The molecule has 0 aliphatic carbocycles. The van der Waals surface area contributed by atoms with E-state index in [-0.39, 0.29) is 17.3 Å². The number of halogens is 1. The standard InChI is InChI=1S/C10H12ClNO3/c1-5-2-6(7(4-12)10(14)15)9(11)8(13)3-5/h2-3,7,13H,4,12H2,1H3,(H,14,15). The van der Waals surface area contributed by atoms with Gasteiger partial charge >= 0.3 is 5.97 Å². The molecule has 15 heavy (non-hydrogen) atoms. The quantitative estimate of drug-likeness (QED) is 0.733. The van der Waals surface area contributed by atoms with E-state index in [4.69, 9.17) is 22.4 Å². The Morgan fingerprint density at radius 1 is 1.60 bits per heavy atom. The van der Waals surface area contributed by atoms with E-state index in [0.29, 0.717) is 5.56 Å². The van der Waals surface area contributed by atoms with Crippen molar-refractivity contribution >= 4 is 17.6 Å². The first kappa shape index (κ1) is 11.8. The lowest BCUT2D eigenvalue weighted by molar-refractivity contribution is -0.138. The molecule has 0 heterocycles. The zero-order chi connectivity index (χ0) is 11.6. The van der Waals surface area contributed by atoms with Crippen LogP contribution in [0.5, 0.6) is 5.75 Å². The van der Waals surface area contributed by atoms with Crippen molar-refractivity contribution in [2.75, 3.05) is 6.54 Å². The van der Waals surface area contributed by atoms with Gasteiger partial charge in [0.2, 0.25) is 0 Å². The van der Waals surface area contributed by atoms with Gasteiger partial charge in [0, 0.05) is 6.54 Å². The second kappa shape index (κ2) is 4.51. The van der Waals surface area contributed by atoms with Gasteiger partial charge in [0.25, 0.3) is 0 Å². The number of aliphatic carboxylic acids is 1. The fourth-order valence-corrected chi connectivity index (χ4v) is 1.63. The van der Waals surface area contributed by atoms with E-state index in [0.717, 1.165) is 5.56 Å². The van der Waals surface area contributed by atoms with Crippen molar-refractivity contribution in [2.45, 2.75) is 12.8 Å². The van der Waals surface area contributed by atoms with Gasteiger partial charge in [-0.3, -0.25) is 4.79 Å². The van der Waals surface area contributed by atoms with Crippen molar-refractivity contribution in [2.24, 2.45) is 5.73 Å². The van der Waals surface area contributed by atoms with Crippen LogP contribution in [0.4, 0.5) is 0 Å². The monoisotopic (exact) mass is 229 g/mol. The minimum absolute atomic E-state index is 0.0541. The van der Waals surface area contributed by atoms with E-state index >= 15 is 0 Å². The second-order valence-corrected chi connectivity index (χ2v) is 3.69. The Morgan fingerprint density at radius 3 is 2.67 bits per heavy atom. The van der Waals surface area contributed by atoms with Crippen molar-refractivity contribution in [3.63, 3.8) is 0 Å². The minimum Gasteiger partial charge on any atom is -0.506 e. The van der Waals surface area contributed by atoms with Crippen LogP contribution in [0.15, 0.2) is 12.1 Å². The Hall–Kier alpha value is -1.26. The number of aryl methyl sites for hydroxylation is 1. The van der Waals surface area contributed by atoms with Crippen LogP contribution in [-0.2, 0) is 4.79 Å². The maximum absolute atomic E-state index is 10.9. The van der Waals surface area contributed by atoms with Gasteiger partial charge in [-0.1, -0.05) is 17.7 Å². The van der Waals surface area contributed by atoms with Gasteiger partial charge in [0.15, 0.2) is 0 Å². The third kappa shape index (κ3) is 2.40. The summed E-state index contributed by atoms with van der Waals surface area (Å²) in [5.74, 6) is -2.06. The molecule has 0 fully saturated rings. The lowest BCUT2D eigenvalue weighted by atomic mass is 9.97. The molecule has 1 rings (SSSR count). The number of hydrogen-bond donors (Lipinski definition) is 3. The highest BCUT2D eigenvalue weighted by Crippen LogP contribution is 2.33. The Labute approximate surface area is 92.3 Å². The summed E-state index contributed by atoms with van der Waals surface area (Å²) in [6.07, 6.45) is 0. The second-order valence-electron chi connectivity index (χ2n) is 3.31. The number of phenolic OH excluding ortho intramolecular Hbond substituents is 1. The van der Waals surface area contributed by atoms with Gasteiger partial charge < -0.3 is 15.9 Å². The van der Waals surface area contributed by atoms with Crippen molar-refractivity contribution in [1.29, 1.82) is 0 Å². The van der Waals surface area contributed by atoms with Crippen molar-refractivity contribution in [3.05, 3.63) is 28.3 Å². The van der Waals surface area contributed by atoms with Gasteiger partial charge in [0.1, 0.15) is 5.75 Å². The average Bonchev–Trinajstić information content (AvgIpc) is 2.13. The maximum atomic E-state index is 10.9.